The molecule has 3 heteroatoms. The summed E-state index contributed by atoms with van der Waals surface area (Å²) in [5.74, 6) is 0.654. The minimum atomic E-state index is 0.166. The average Bonchev–Trinajstić information content (AvgIpc) is 2.45. The number of nitrogens with zero attached hydrogens (tertiary/aromatic N) is 1. The van der Waals surface area contributed by atoms with Crippen molar-refractivity contribution in [2.45, 2.75) is 26.7 Å². The lowest BCUT2D eigenvalue weighted by molar-refractivity contribution is 0.0500. The molecule has 1 fully saturated rings. The topological polar surface area (TPSA) is 29.5 Å². The molecule has 0 aromatic heterocycles. The number of rotatable bonds is 4. The Morgan fingerprint density at radius 3 is 2.95 bits per heavy atom. The van der Waals surface area contributed by atoms with E-state index in [1.54, 1.807) is 0 Å². The number of hydrogen-bond donors (Lipinski definition) is 0. The third-order valence-corrected chi connectivity index (χ3v) is 3.74. The minimum absolute atomic E-state index is 0.166. The van der Waals surface area contributed by atoms with Crippen LogP contribution in [0, 0.1) is 12.8 Å². The molecule has 3 nitrogen and oxygen atoms in total. The monoisotopic (exact) mass is 261 g/mol. The molecule has 0 radical (unpaired) electrons. The minimum Gasteiger partial charge on any atom is -0.381 e. The van der Waals surface area contributed by atoms with Crippen LogP contribution in [0.15, 0.2) is 24.3 Å². The third kappa shape index (κ3) is 3.57. The second-order valence-corrected chi connectivity index (χ2v) is 5.23. The lowest BCUT2D eigenvalue weighted by Crippen LogP contribution is -2.41. The van der Waals surface area contributed by atoms with Crippen molar-refractivity contribution in [2.24, 2.45) is 5.92 Å². The van der Waals surface area contributed by atoms with E-state index >= 15 is 0 Å². The normalized spacial score (nSPS) is 19.5. The fourth-order valence-electron chi connectivity index (χ4n) is 2.65. The summed E-state index contributed by atoms with van der Waals surface area (Å²) in [6.07, 6.45) is 2.24. The van der Waals surface area contributed by atoms with E-state index in [-0.39, 0.29) is 5.91 Å². The number of benzene rings is 1. The summed E-state index contributed by atoms with van der Waals surface area (Å²) >= 11 is 0. The molecule has 0 aliphatic carbocycles. The van der Waals surface area contributed by atoms with Crippen LogP contribution in [0.3, 0.4) is 0 Å². The van der Waals surface area contributed by atoms with Crippen molar-refractivity contribution >= 4 is 5.91 Å². The molecule has 1 aromatic carbocycles. The van der Waals surface area contributed by atoms with Crippen molar-refractivity contribution in [1.29, 1.82) is 0 Å². The van der Waals surface area contributed by atoms with Gasteiger partial charge in [-0.25, -0.2) is 0 Å². The first kappa shape index (κ1) is 14.1. The molecular weight excluding hydrogens is 238 g/mol. The van der Waals surface area contributed by atoms with E-state index in [0.717, 1.165) is 50.3 Å². The molecule has 104 valence electrons. The summed E-state index contributed by atoms with van der Waals surface area (Å²) in [6, 6.07) is 7.82. The summed E-state index contributed by atoms with van der Waals surface area (Å²) in [7, 11) is 0. The van der Waals surface area contributed by atoms with Crippen LogP contribution in [-0.4, -0.2) is 37.1 Å². The van der Waals surface area contributed by atoms with Crippen LogP contribution in [0.4, 0.5) is 0 Å². The Kier molecular flexibility index (Phi) is 4.97. The van der Waals surface area contributed by atoms with Crippen LogP contribution >= 0.6 is 0 Å². The van der Waals surface area contributed by atoms with E-state index in [4.69, 9.17) is 4.74 Å². The quantitative estimate of drug-likeness (QED) is 0.834. The highest BCUT2D eigenvalue weighted by molar-refractivity contribution is 5.95. The summed E-state index contributed by atoms with van der Waals surface area (Å²) in [5.41, 5.74) is 1.89. The molecule has 0 spiro atoms. The van der Waals surface area contributed by atoms with Gasteiger partial charge in [0.05, 0.1) is 6.61 Å². The van der Waals surface area contributed by atoms with Gasteiger partial charge in [-0.05, 0) is 44.2 Å². The van der Waals surface area contributed by atoms with Crippen molar-refractivity contribution in [2.75, 3.05) is 26.3 Å². The van der Waals surface area contributed by atoms with E-state index in [2.05, 4.69) is 0 Å². The molecule has 0 bridgehead atoms. The summed E-state index contributed by atoms with van der Waals surface area (Å²) < 4.78 is 5.49. The van der Waals surface area contributed by atoms with Crippen LogP contribution < -0.4 is 0 Å². The van der Waals surface area contributed by atoms with Gasteiger partial charge in [-0.2, -0.15) is 0 Å². The molecule has 2 rings (SSSR count). The van der Waals surface area contributed by atoms with Gasteiger partial charge in [-0.3, -0.25) is 4.79 Å². The van der Waals surface area contributed by atoms with Crippen LogP contribution in [0.5, 0.6) is 0 Å². The Balaban J connectivity index is 2.01. The first-order valence-corrected chi connectivity index (χ1v) is 7.15. The standard InChI is InChI=1S/C16H23NO2/c1-3-19-12-14-8-6-10-17(11-14)16(18)15-9-5-4-7-13(15)2/h4-5,7,9,14H,3,6,8,10-12H2,1-2H3. The maximum Gasteiger partial charge on any atom is 0.254 e. The molecule has 1 aromatic rings. The molecule has 1 saturated heterocycles. The number of amides is 1. The Hall–Kier alpha value is -1.35. The number of carbonyl (C=O) groups is 1. The first-order valence-electron chi connectivity index (χ1n) is 7.15. The van der Waals surface area contributed by atoms with Gasteiger partial charge in [0.15, 0.2) is 0 Å². The van der Waals surface area contributed by atoms with Crippen molar-refractivity contribution in [1.82, 2.24) is 4.90 Å². The SMILES string of the molecule is CCOCC1CCCN(C(=O)c2ccccc2C)C1. The molecule has 1 heterocycles. The molecule has 1 aliphatic heterocycles. The van der Waals surface area contributed by atoms with Crippen LogP contribution in [0.25, 0.3) is 0 Å². The van der Waals surface area contributed by atoms with E-state index in [1.807, 2.05) is 43.0 Å². The van der Waals surface area contributed by atoms with Gasteiger partial charge in [-0.1, -0.05) is 18.2 Å². The average molecular weight is 261 g/mol. The number of hydrogen-bond acceptors (Lipinski definition) is 2. The Labute approximate surface area is 115 Å². The summed E-state index contributed by atoms with van der Waals surface area (Å²) in [5, 5.41) is 0. The fourth-order valence-corrected chi connectivity index (χ4v) is 2.65. The van der Waals surface area contributed by atoms with Crippen molar-refractivity contribution in [3.63, 3.8) is 0 Å². The predicted molar refractivity (Wildman–Crippen MR) is 76.3 cm³/mol. The molecule has 1 aliphatic rings. The maximum absolute atomic E-state index is 12.5. The number of aryl methyl sites for hydroxylation is 1. The maximum atomic E-state index is 12.5. The predicted octanol–water partition coefficient (Wildman–Crippen LogP) is 2.88. The largest absolute Gasteiger partial charge is 0.381 e. The van der Waals surface area contributed by atoms with Crippen molar-refractivity contribution in [3.8, 4) is 0 Å². The van der Waals surface area contributed by atoms with Crippen molar-refractivity contribution < 1.29 is 9.53 Å². The van der Waals surface area contributed by atoms with Gasteiger partial charge in [-0.15, -0.1) is 0 Å². The second kappa shape index (κ2) is 6.71. The zero-order chi connectivity index (χ0) is 13.7. The highest BCUT2D eigenvalue weighted by Gasteiger charge is 2.25. The Morgan fingerprint density at radius 1 is 1.42 bits per heavy atom. The van der Waals surface area contributed by atoms with E-state index < -0.39 is 0 Å². The van der Waals surface area contributed by atoms with Crippen LogP contribution in [-0.2, 0) is 4.74 Å². The van der Waals surface area contributed by atoms with E-state index in [9.17, 15) is 4.79 Å². The Bertz CT molecular complexity index is 431. The Morgan fingerprint density at radius 2 is 2.21 bits per heavy atom. The molecular formula is C16H23NO2. The fraction of sp³-hybridized carbons (Fsp3) is 0.562. The van der Waals surface area contributed by atoms with E-state index in [0.29, 0.717) is 5.92 Å². The summed E-state index contributed by atoms with van der Waals surface area (Å²) in [4.78, 5) is 14.5. The van der Waals surface area contributed by atoms with Gasteiger partial charge in [0.1, 0.15) is 0 Å². The van der Waals surface area contributed by atoms with E-state index in [1.165, 1.54) is 0 Å². The number of ether oxygens (including phenoxy) is 1. The van der Waals surface area contributed by atoms with Gasteiger partial charge >= 0.3 is 0 Å². The molecule has 1 amide bonds. The number of piperidine rings is 1. The molecule has 1 atom stereocenters. The van der Waals surface area contributed by atoms with Gasteiger partial charge in [0.25, 0.3) is 5.91 Å². The third-order valence-electron chi connectivity index (χ3n) is 3.74. The molecule has 19 heavy (non-hydrogen) atoms. The van der Waals surface area contributed by atoms with Gasteiger partial charge in [0.2, 0.25) is 0 Å². The number of carbonyl (C=O) groups excluding carboxylic acids is 1. The van der Waals surface area contributed by atoms with Crippen LogP contribution in [0.1, 0.15) is 35.7 Å². The highest BCUT2D eigenvalue weighted by atomic mass is 16.5. The lowest BCUT2D eigenvalue weighted by Gasteiger charge is -2.33. The van der Waals surface area contributed by atoms with Crippen LogP contribution in [0.2, 0.25) is 0 Å². The zero-order valence-electron chi connectivity index (χ0n) is 11.9. The summed E-state index contributed by atoms with van der Waals surface area (Å²) in [6.45, 7) is 7.23. The molecule has 1 unspecified atom stereocenters. The van der Waals surface area contributed by atoms with Gasteiger partial charge in [0, 0.05) is 25.3 Å². The lowest BCUT2D eigenvalue weighted by atomic mass is 9.97. The smallest absolute Gasteiger partial charge is 0.254 e. The first-order chi connectivity index (χ1) is 9.22. The zero-order valence-corrected chi connectivity index (χ0v) is 11.9. The van der Waals surface area contributed by atoms with Gasteiger partial charge < -0.3 is 9.64 Å². The highest BCUT2D eigenvalue weighted by Crippen LogP contribution is 2.20. The molecule has 0 saturated carbocycles. The van der Waals surface area contributed by atoms with Crippen molar-refractivity contribution in [3.05, 3.63) is 35.4 Å². The number of likely N-dealkylation sites (tertiary alicyclic amines) is 1. The molecule has 0 N–H and O–H groups in total. The second-order valence-electron chi connectivity index (χ2n) is 5.23.